The van der Waals surface area contributed by atoms with Crippen molar-refractivity contribution < 1.29 is 9.53 Å². The molecule has 0 atom stereocenters. The van der Waals surface area contributed by atoms with Gasteiger partial charge >= 0.3 is 0 Å². The Balaban J connectivity index is 1.77. The molecule has 0 radical (unpaired) electrons. The lowest BCUT2D eigenvalue weighted by atomic mass is 9.49. The molecule has 2 aromatic rings. The third-order valence-electron chi connectivity index (χ3n) is 6.53. The van der Waals surface area contributed by atoms with Gasteiger partial charge in [-0.2, -0.15) is 5.26 Å². The Kier molecular flexibility index (Phi) is 5.84. The summed E-state index contributed by atoms with van der Waals surface area (Å²) in [4.78, 5) is 21.3. The molecular weight excluding hydrogens is 388 g/mol. The maximum atomic E-state index is 12.8. The third kappa shape index (κ3) is 4.01. The quantitative estimate of drug-likeness (QED) is 0.757. The standard InChI is InChI=1S/C25H32N4O2/c1-14(2)17-12-27-20(28-13-17)21(30)29-22-24(5,6)23(25(22,7)8)31-18-9-15(3)19(11-26)16(4)10-18/h9-10,12-14,22-23H,1-8H3,(H,29,30). The Hall–Kier alpha value is -2.94. The Morgan fingerprint density at radius 1 is 1.10 bits per heavy atom. The van der Waals surface area contributed by atoms with Crippen LogP contribution in [-0.2, 0) is 0 Å². The van der Waals surface area contributed by atoms with Gasteiger partial charge in [0.05, 0.1) is 11.6 Å². The lowest BCUT2D eigenvalue weighted by Crippen LogP contribution is -2.74. The first-order chi connectivity index (χ1) is 14.4. The van der Waals surface area contributed by atoms with E-state index in [1.807, 2.05) is 26.0 Å². The van der Waals surface area contributed by atoms with E-state index in [0.29, 0.717) is 11.5 Å². The number of aromatic nitrogens is 2. The van der Waals surface area contributed by atoms with Gasteiger partial charge in [0.25, 0.3) is 5.91 Å². The average Bonchev–Trinajstić information content (AvgIpc) is 2.69. The molecule has 0 bridgehead atoms. The van der Waals surface area contributed by atoms with Gasteiger partial charge in [-0.25, -0.2) is 9.97 Å². The van der Waals surface area contributed by atoms with E-state index in [-0.39, 0.29) is 34.7 Å². The summed E-state index contributed by atoms with van der Waals surface area (Å²) in [6, 6.07) is 5.96. The van der Waals surface area contributed by atoms with E-state index in [1.54, 1.807) is 12.4 Å². The lowest BCUT2D eigenvalue weighted by Gasteiger charge is -2.63. The van der Waals surface area contributed by atoms with Crippen LogP contribution in [-0.4, -0.2) is 28.0 Å². The van der Waals surface area contributed by atoms with Gasteiger partial charge in [0.2, 0.25) is 5.82 Å². The summed E-state index contributed by atoms with van der Waals surface area (Å²) in [5, 5.41) is 12.4. The first-order valence-electron chi connectivity index (χ1n) is 10.7. The van der Waals surface area contributed by atoms with E-state index < -0.39 is 0 Å². The van der Waals surface area contributed by atoms with E-state index in [2.05, 4.69) is 62.9 Å². The molecule has 1 amide bonds. The number of hydrogen-bond donors (Lipinski definition) is 1. The number of rotatable bonds is 5. The molecule has 1 heterocycles. The zero-order valence-electron chi connectivity index (χ0n) is 19.7. The van der Waals surface area contributed by atoms with Crippen molar-refractivity contribution in [1.29, 1.82) is 5.26 Å². The van der Waals surface area contributed by atoms with Gasteiger partial charge in [0.15, 0.2) is 0 Å². The highest BCUT2D eigenvalue weighted by atomic mass is 16.5. The van der Waals surface area contributed by atoms with Crippen LogP contribution < -0.4 is 10.1 Å². The third-order valence-corrected chi connectivity index (χ3v) is 6.53. The molecule has 1 N–H and O–H groups in total. The van der Waals surface area contributed by atoms with Crippen molar-refractivity contribution in [2.45, 2.75) is 73.5 Å². The lowest BCUT2D eigenvalue weighted by molar-refractivity contribution is -0.164. The smallest absolute Gasteiger partial charge is 0.289 e. The van der Waals surface area contributed by atoms with E-state index in [1.165, 1.54) is 0 Å². The molecule has 1 aromatic heterocycles. The van der Waals surface area contributed by atoms with Crippen LogP contribution in [0.15, 0.2) is 24.5 Å². The van der Waals surface area contributed by atoms with Gasteiger partial charge in [-0.05, 0) is 48.6 Å². The molecule has 6 nitrogen and oxygen atoms in total. The van der Waals surface area contributed by atoms with E-state index in [9.17, 15) is 10.1 Å². The maximum Gasteiger partial charge on any atom is 0.289 e. The van der Waals surface area contributed by atoms with E-state index in [4.69, 9.17) is 4.74 Å². The number of benzene rings is 1. The second kappa shape index (κ2) is 7.96. The minimum Gasteiger partial charge on any atom is -0.489 e. The second-order valence-electron chi connectivity index (χ2n) is 10.1. The number of carbonyl (C=O) groups excluding carboxylic acids is 1. The van der Waals surface area contributed by atoms with Gasteiger partial charge < -0.3 is 10.1 Å². The number of nitrogens with zero attached hydrogens (tertiary/aromatic N) is 3. The van der Waals surface area contributed by atoms with Crippen molar-refractivity contribution in [2.24, 2.45) is 10.8 Å². The van der Waals surface area contributed by atoms with Crippen LogP contribution in [0.4, 0.5) is 0 Å². The van der Waals surface area contributed by atoms with Gasteiger partial charge in [-0.15, -0.1) is 0 Å². The van der Waals surface area contributed by atoms with Crippen LogP contribution in [0.3, 0.4) is 0 Å². The highest BCUT2D eigenvalue weighted by Gasteiger charge is 2.64. The molecule has 0 saturated heterocycles. The van der Waals surface area contributed by atoms with Crippen LogP contribution in [0.25, 0.3) is 0 Å². The molecule has 1 aliphatic rings. The van der Waals surface area contributed by atoms with Crippen molar-refractivity contribution in [3.8, 4) is 11.8 Å². The van der Waals surface area contributed by atoms with Gasteiger partial charge in [-0.1, -0.05) is 41.5 Å². The summed E-state index contributed by atoms with van der Waals surface area (Å²) in [5.41, 5.74) is 2.90. The highest BCUT2D eigenvalue weighted by Crippen LogP contribution is 2.55. The molecule has 0 unspecified atom stereocenters. The SMILES string of the molecule is Cc1cc(OC2C(C)(C)C(NC(=O)c3ncc(C(C)C)cn3)C2(C)C)cc(C)c1C#N. The minimum atomic E-state index is -0.299. The zero-order valence-corrected chi connectivity index (χ0v) is 19.7. The number of ether oxygens (including phenoxy) is 1. The fourth-order valence-electron chi connectivity index (χ4n) is 5.05. The fourth-order valence-corrected chi connectivity index (χ4v) is 5.05. The Labute approximate surface area is 185 Å². The molecule has 0 aliphatic heterocycles. The van der Waals surface area contributed by atoms with Gasteiger partial charge in [0.1, 0.15) is 11.9 Å². The molecule has 0 spiro atoms. The Morgan fingerprint density at radius 2 is 1.61 bits per heavy atom. The zero-order chi connectivity index (χ0) is 23.1. The molecular formula is C25H32N4O2. The molecule has 1 fully saturated rings. The highest BCUT2D eigenvalue weighted by molar-refractivity contribution is 5.90. The van der Waals surface area contributed by atoms with Crippen molar-refractivity contribution in [3.63, 3.8) is 0 Å². The van der Waals surface area contributed by atoms with Crippen molar-refractivity contribution in [2.75, 3.05) is 0 Å². The maximum absolute atomic E-state index is 12.8. The minimum absolute atomic E-state index is 0.105. The molecule has 1 aromatic carbocycles. The molecule has 6 heteroatoms. The first kappa shape index (κ1) is 22.7. The average molecular weight is 421 g/mol. The summed E-state index contributed by atoms with van der Waals surface area (Å²) in [6.45, 7) is 16.4. The predicted molar refractivity (Wildman–Crippen MR) is 120 cm³/mol. The monoisotopic (exact) mass is 420 g/mol. The van der Waals surface area contributed by atoms with Crippen molar-refractivity contribution in [1.82, 2.24) is 15.3 Å². The van der Waals surface area contributed by atoms with Crippen LogP contribution in [0.2, 0.25) is 0 Å². The van der Waals surface area contributed by atoms with Gasteiger partial charge in [-0.3, -0.25) is 4.79 Å². The number of nitrogens with one attached hydrogen (secondary N) is 1. The first-order valence-corrected chi connectivity index (χ1v) is 10.7. The molecule has 31 heavy (non-hydrogen) atoms. The number of carbonyl (C=O) groups is 1. The number of nitriles is 1. The predicted octanol–water partition coefficient (Wildman–Crippen LogP) is 4.70. The number of hydrogen-bond acceptors (Lipinski definition) is 5. The topological polar surface area (TPSA) is 87.9 Å². The molecule has 1 aliphatic carbocycles. The van der Waals surface area contributed by atoms with E-state index in [0.717, 1.165) is 22.4 Å². The summed E-state index contributed by atoms with van der Waals surface area (Å²) in [6.07, 6.45) is 3.32. The van der Waals surface area contributed by atoms with Crippen LogP contribution in [0.1, 0.15) is 80.3 Å². The van der Waals surface area contributed by atoms with Gasteiger partial charge in [0, 0.05) is 29.3 Å². The number of aryl methyl sites for hydroxylation is 2. The molecule has 3 rings (SSSR count). The Bertz CT molecular complexity index is 993. The Morgan fingerprint density at radius 3 is 2.06 bits per heavy atom. The van der Waals surface area contributed by atoms with Crippen molar-refractivity contribution in [3.05, 3.63) is 52.6 Å². The summed E-state index contributed by atoms with van der Waals surface area (Å²) in [7, 11) is 0. The van der Waals surface area contributed by atoms with Crippen molar-refractivity contribution >= 4 is 5.91 Å². The summed E-state index contributed by atoms with van der Waals surface area (Å²) in [5.74, 6) is 0.968. The second-order valence-corrected chi connectivity index (χ2v) is 10.1. The fraction of sp³-hybridized carbons (Fsp3) is 0.520. The summed E-state index contributed by atoms with van der Waals surface area (Å²) < 4.78 is 6.41. The van der Waals surface area contributed by atoms with Crippen LogP contribution >= 0.6 is 0 Å². The normalized spacial score (nSPS) is 21.2. The van der Waals surface area contributed by atoms with Crippen LogP contribution in [0, 0.1) is 36.0 Å². The molecule has 1 saturated carbocycles. The largest absolute Gasteiger partial charge is 0.489 e. The number of amides is 1. The van der Waals surface area contributed by atoms with Crippen LogP contribution in [0.5, 0.6) is 5.75 Å². The summed E-state index contributed by atoms with van der Waals surface area (Å²) >= 11 is 0. The molecule has 164 valence electrons. The van der Waals surface area contributed by atoms with E-state index >= 15 is 0 Å².